The van der Waals surface area contributed by atoms with Crippen molar-refractivity contribution in [3.63, 3.8) is 0 Å². The van der Waals surface area contributed by atoms with Crippen molar-refractivity contribution in [2.24, 2.45) is 0 Å². The molecule has 0 radical (unpaired) electrons. The number of benzene rings is 2. The highest BCUT2D eigenvalue weighted by Crippen LogP contribution is 2.16. The van der Waals surface area contributed by atoms with Gasteiger partial charge in [-0.25, -0.2) is 0 Å². The molecule has 0 aliphatic carbocycles. The van der Waals surface area contributed by atoms with Crippen molar-refractivity contribution in [3.8, 4) is 0 Å². The van der Waals surface area contributed by atoms with Gasteiger partial charge in [0.05, 0.1) is 6.04 Å². The van der Waals surface area contributed by atoms with Crippen molar-refractivity contribution < 1.29 is 4.79 Å². The molecule has 1 unspecified atom stereocenters. The predicted molar refractivity (Wildman–Crippen MR) is 97.4 cm³/mol. The Morgan fingerprint density at radius 3 is 2.38 bits per heavy atom. The van der Waals surface area contributed by atoms with Crippen molar-refractivity contribution in [1.29, 1.82) is 0 Å². The largest absolute Gasteiger partial charge is 0.346 e. The van der Waals surface area contributed by atoms with Gasteiger partial charge in [-0.2, -0.15) is 0 Å². The summed E-state index contributed by atoms with van der Waals surface area (Å²) >= 11 is 0. The van der Waals surface area contributed by atoms with Gasteiger partial charge in [-0.15, -0.1) is 0 Å². The van der Waals surface area contributed by atoms with Gasteiger partial charge in [-0.05, 0) is 24.5 Å². The molecule has 1 amide bonds. The fourth-order valence-corrected chi connectivity index (χ4v) is 3.02. The van der Waals surface area contributed by atoms with Gasteiger partial charge < -0.3 is 5.32 Å². The smallest absolute Gasteiger partial charge is 0.247 e. The third-order valence-electron chi connectivity index (χ3n) is 4.48. The zero-order valence-corrected chi connectivity index (χ0v) is 14.1. The van der Waals surface area contributed by atoms with E-state index in [4.69, 9.17) is 0 Å². The van der Waals surface area contributed by atoms with Gasteiger partial charge in [0.25, 0.3) is 0 Å². The maximum atomic E-state index is 12.4. The van der Waals surface area contributed by atoms with E-state index in [0.29, 0.717) is 0 Å². The van der Waals surface area contributed by atoms with E-state index in [1.807, 2.05) is 43.3 Å². The molecule has 0 fully saturated rings. The second-order valence-electron chi connectivity index (χ2n) is 6.31. The summed E-state index contributed by atoms with van der Waals surface area (Å²) in [7, 11) is 0. The molecule has 0 spiro atoms. The van der Waals surface area contributed by atoms with Crippen LogP contribution in [0.15, 0.2) is 72.3 Å². The van der Waals surface area contributed by atoms with Crippen LogP contribution < -0.4 is 5.32 Å². The Labute approximate surface area is 144 Å². The number of hydrogen-bond donors (Lipinski definition) is 1. The summed E-state index contributed by atoms with van der Waals surface area (Å²) in [6, 6.07) is 20.6. The van der Waals surface area contributed by atoms with Crippen LogP contribution in [-0.2, 0) is 11.3 Å². The molecule has 1 heterocycles. The Morgan fingerprint density at radius 1 is 1.08 bits per heavy atom. The second-order valence-corrected chi connectivity index (χ2v) is 6.31. The van der Waals surface area contributed by atoms with E-state index in [2.05, 4.69) is 40.6 Å². The maximum absolute atomic E-state index is 12.4. The molecule has 3 rings (SSSR count). The van der Waals surface area contributed by atoms with Crippen LogP contribution in [0.4, 0.5) is 0 Å². The molecule has 3 heteroatoms. The number of rotatable bonds is 5. The molecule has 3 nitrogen and oxygen atoms in total. The molecule has 1 aliphatic heterocycles. The molecule has 0 bridgehead atoms. The summed E-state index contributed by atoms with van der Waals surface area (Å²) in [5, 5.41) is 3.10. The van der Waals surface area contributed by atoms with Crippen LogP contribution in [0.5, 0.6) is 0 Å². The van der Waals surface area contributed by atoms with Crippen LogP contribution in [0.1, 0.15) is 30.5 Å². The number of carbonyl (C=O) groups excluding carboxylic acids is 1. The van der Waals surface area contributed by atoms with E-state index in [0.717, 1.165) is 37.2 Å². The fraction of sp³-hybridized carbons (Fsp3) is 0.286. The molecular weight excluding hydrogens is 296 g/mol. The monoisotopic (exact) mass is 320 g/mol. The first-order valence-corrected chi connectivity index (χ1v) is 8.53. The maximum Gasteiger partial charge on any atom is 0.247 e. The molecule has 1 N–H and O–H groups in total. The van der Waals surface area contributed by atoms with Crippen molar-refractivity contribution in [3.05, 3.63) is 83.4 Å². The zero-order chi connectivity index (χ0) is 16.8. The van der Waals surface area contributed by atoms with E-state index in [9.17, 15) is 4.79 Å². The number of carbonyl (C=O) groups is 1. The molecule has 124 valence electrons. The highest BCUT2D eigenvalue weighted by Gasteiger charge is 2.18. The molecule has 0 aromatic heterocycles. The van der Waals surface area contributed by atoms with Crippen molar-refractivity contribution in [2.75, 3.05) is 13.1 Å². The number of amides is 1. The van der Waals surface area contributed by atoms with E-state index in [-0.39, 0.29) is 11.9 Å². The van der Waals surface area contributed by atoms with Crippen LogP contribution in [0, 0.1) is 0 Å². The van der Waals surface area contributed by atoms with Crippen LogP contribution in [-0.4, -0.2) is 23.9 Å². The van der Waals surface area contributed by atoms with E-state index in [1.165, 1.54) is 5.56 Å². The molecular formula is C21H24N2O. The van der Waals surface area contributed by atoms with Gasteiger partial charge >= 0.3 is 0 Å². The fourth-order valence-electron chi connectivity index (χ4n) is 3.02. The Morgan fingerprint density at radius 2 is 1.75 bits per heavy atom. The van der Waals surface area contributed by atoms with Gasteiger partial charge in [0.15, 0.2) is 0 Å². The second kappa shape index (κ2) is 7.93. The molecule has 0 saturated carbocycles. The Kier molecular flexibility index (Phi) is 5.44. The van der Waals surface area contributed by atoms with Gasteiger partial charge in [0.1, 0.15) is 0 Å². The Bertz CT molecular complexity index is 694. The number of hydrogen-bond acceptors (Lipinski definition) is 2. The Balaban J connectivity index is 1.53. The lowest BCUT2D eigenvalue weighted by Crippen LogP contribution is -2.34. The lowest BCUT2D eigenvalue weighted by Gasteiger charge is -2.26. The van der Waals surface area contributed by atoms with E-state index < -0.39 is 0 Å². The summed E-state index contributed by atoms with van der Waals surface area (Å²) in [5.41, 5.74) is 3.35. The van der Waals surface area contributed by atoms with Gasteiger partial charge in [0.2, 0.25) is 5.91 Å². The van der Waals surface area contributed by atoms with Crippen LogP contribution >= 0.6 is 0 Å². The van der Waals surface area contributed by atoms with E-state index in [1.54, 1.807) is 0 Å². The average Bonchev–Trinajstić information content (AvgIpc) is 2.64. The molecule has 2 aromatic rings. The normalized spacial score (nSPS) is 16.3. The van der Waals surface area contributed by atoms with Gasteiger partial charge in [-0.3, -0.25) is 9.69 Å². The SMILES string of the molecule is CC(NC(=O)C1=CCN(Cc2ccccc2)CC1)c1ccccc1. The zero-order valence-electron chi connectivity index (χ0n) is 14.1. The lowest BCUT2D eigenvalue weighted by molar-refractivity contribution is -0.118. The first-order valence-electron chi connectivity index (χ1n) is 8.53. The minimum absolute atomic E-state index is 0.0296. The third kappa shape index (κ3) is 4.33. The third-order valence-corrected chi connectivity index (χ3v) is 4.48. The quantitative estimate of drug-likeness (QED) is 0.911. The summed E-state index contributed by atoms with van der Waals surface area (Å²) in [6.45, 7) is 4.72. The molecule has 24 heavy (non-hydrogen) atoms. The molecule has 2 aromatic carbocycles. The number of nitrogens with zero attached hydrogens (tertiary/aromatic N) is 1. The minimum atomic E-state index is 0.0296. The summed E-state index contributed by atoms with van der Waals surface area (Å²) in [5.74, 6) is 0.0608. The first-order chi connectivity index (χ1) is 11.7. The molecule has 1 atom stereocenters. The van der Waals surface area contributed by atoms with Crippen LogP contribution in [0.3, 0.4) is 0 Å². The molecule has 0 saturated heterocycles. The molecule has 1 aliphatic rings. The van der Waals surface area contributed by atoms with Crippen molar-refractivity contribution in [1.82, 2.24) is 10.2 Å². The summed E-state index contributed by atoms with van der Waals surface area (Å²) in [4.78, 5) is 14.8. The highest BCUT2D eigenvalue weighted by molar-refractivity contribution is 5.93. The van der Waals surface area contributed by atoms with Gasteiger partial charge in [-0.1, -0.05) is 66.7 Å². The van der Waals surface area contributed by atoms with Crippen LogP contribution in [0.25, 0.3) is 0 Å². The van der Waals surface area contributed by atoms with E-state index >= 15 is 0 Å². The number of nitrogens with one attached hydrogen (secondary N) is 1. The van der Waals surface area contributed by atoms with Crippen molar-refractivity contribution >= 4 is 5.91 Å². The summed E-state index contributed by atoms with van der Waals surface area (Å²) in [6.07, 6.45) is 2.87. The topological polar surface area (TPSA) is 32.3 Å². The van der Waals surface area contributed by atoms with Gasteiger partial charge in [0, 0.05) is 25.2 Å². The average molecular weight is 320 g/mol. The standard InChI is InChI=1S/C21H24N2O/c1-17(19-10-6-3-7-11-19)22-21(24)20-12-14-23(15-13-20)16-18-8-4-2-5-9-18/h2-12,17H,13-16H2,1H3,(H,22,24). The highest BCUT2D eigenvalue weighted by atomic mass is 16.1. The Hall–Kier alpha value is -2.39. The first kappa shape index (κ1) is 16.5. The minimum Gasteiger partial charge on any atom is -0.346 e. The van der Waals surface area contributed by atoms with Crippen molar-refractivity contribution in [2.45, 2.75) is 25.9 Å². The summed E-state index contributed by atoms with van der Waals surface area (Å²) < 4.78 is 0. The van der Waals surface area contributed by atoms with Crippen LogP contribution in [0.2, 0.25) is 0 Å². The predicted octanol–water partition coefficient (Wildman–Crippen LogP) is 3.70. The lowest BCUT2D eigenvalue weighted by atomic mass is 10.0.